The molecule has 1 aromatic carbocycles. The molecular weight excluding hydrogens is 280 g/mol. The zero-order valence-corrected chi connectivity index (χ0v) is 13.3. The van der Waals surface area contributed by atoms with Gasteiger partial charge in [0.1, 0.15) is 0 Å². The van der Waals surface area contributed by atoms with Gasteiger partial charge in [-0.25, -0.2) is 0 Å². The number of nitrogens with zero attached hydrogens (tertiary/aromatic N) is 1. The predicted molar refractivity (Wildman–Crippen MR) is 90.0 cm³/mol. The fourth-order valence-corrected chi connectivity index (χ4v) is 2.78. The van der Waals surface area contributed by atoms with Gasteiger partial charge in [0.2, 0.25) is 0 Å². The Hall–Kier alpha value is -1.80. The lowest BCUT2D eigenvalue weighted by Gasteiger charge is -2.06. The third kappa shape index (κ3) is 2.68. The van der Waals surface area contributed by atoms with Crippen molar-refractivity contribution in [2.75, 3.05) is 0 Å². The molecular formula is C18H19ClN2. The van der Waals surface area contributed by atoms with Gasteiger partial charge in [0.05, 0.1) is 0 Å². The lowest BCUT2D eigenvalue weighted by Crippen LogP contribution is -1.88. The number of hydrogen-bond acceptors (Lipinski definition) is 1. The van der Waals surface area contributed by atoms with Crippen LogP contribution >= 0.6 is 11.6 Å². The van der Waals surface area contributed by atoms with Crippen LogP contribution in [0.25, 0.3) is 22.0 Å². The summed E-state index contributed by atoms with van der Waals surface area (Å²) in [5, 5.41) is 1.92. The molecule has 21 heavy (non-hydrogen) atoms. The van der Waals surface area contributed by atoms with E-state index in [9.17, 15) is 0 Å². The number of nitrogens with one attached hydrogen (secondary N) is 1. The molecule has 0 spiro atoms. The summed E-state index contributed by atoms with van der Waals surface area (Å²) in [6.07, 6.45) is 2.85. The van der Waals surface area contributed by atoms with E-state index in [0.717, 1.165) is 39.2 Å². The van der Waals surface area contributed by atoms with Crippen molar-refractivity contribution >= 4 is 22.5 Å². The van der Waals surface area contributed by atoms with Crippen molar-refractivity contribution in [2.24, 2.45) is 0 Å². The summed E-state index contributed by atoms with van der Waals surface area (Å²) in [6.45, 7) is 6.47. The Morgan fingerprint density at radius 2 is 2.00 bits per heavy atom. The van der Waals surface area contributed by atoms with E-state index in [2.05, 4.69) is 55.0 Å². The largest absolute Gasteiger partial charge is 0.358 e. The molecule has 0 fully saturated rings. The van der Waals surface area contributed by atoms with Crippen LogP contribution in [0.3, 0.4) is 0 Å². The topological polar surface area (TPSA) is 28.7 Å². The van der Waals surface area contributed by atoms with Gasteiger partial charge in [-0.3, -0.25) is 4.98 Å². The average Bonchev–Trinajstić information content (AvgIpc) is 2.89. The molecule has 0 saturated heterocycles. The summed E-state index contributed by atoms with van der Waals surface area (Å²) in [6, 6.07) is 10.5. The van der Waals surface area contributed by atoms with Crippen molar-refractivity contribution in [1.29, 1.82) is 0 Å². The third-order valence-corrected chi connectivity index (χ3v) is 4.16. The van der Waals surface area contributed by atoms with Crippen molar-refractivity contribution < 1.29 is 0 Å². The molecule has 0 aliphatic heterocycles. The molecule has 3 rings (SSSR count). The minimum absolute atomic E-state index is 0.477. The van der Waals surface area contributed by atoms with Crippen LogP contribution in [0.5, 0.6) is 0 Å². The monoisotopic (exact) mass is 298 g/mol. The van der Waals surface area contributed by atoms with Crippen LogP contribution < -0.4 is 0 Å². The molecule has 0 aliphatic carbocycles. The molecule has 108 valence electrons. The fourth-order valence-electron chi connectivity index (χ4n) is 2.50. The highest BCUT2D eigenvalue weighted by molar-refractivity contribution is 6.34. The maximum Gasteiger partial charge on any atom is 0.0492 e. The quantitative estimate of drug-likeness (QED) is 0.673. The van der Waals surface area contributed by atoms with Crippen molar-refractivity contribution in [3.63, 3.8) is 0 Å². The highest BCUT2D eigenvalue weighted by atomic mass is 35.5. The third-order valence-electron chi connectivity index (χ3n) is 3.85. The van der Waals surface area contributed by atoms with Gasteiger partial charge in [-0.05, 0) is 36.6 Å². The van der Waals surface area contributed by atoms with Gasteiger partial charge >= 0.3 is 0 Å². The molecule has 0 radical (unpaired) electrons. The number of pyridine rings is 1. The van der Waals surface area contributed by atoms with E-state index in [1.165, 1.54) is 5.69 Å². The smallest absolute Gasteiger partial charge is 0.0492 e. The van der Waals surface area contributed by atoms with Crippen LogP contribution in [0, 0.1) is 0 Å². The van der Waals surface area contributed by atoms with Gasteiger partial charge in [-0.15, -0.1) is 0 Å². The van der Waals surface area contributed by atoms with E-state index >= 15 is 0 Å². The molecule has 0 atom stereocenters. The predicted octanol–water partition coefficient (Wildman–Crippen LogP) is 5.57. The van der Waals surface area contributed by atoms with E-state index < -0.39 is 0 Å². The maximum atomic E-state index is 6.46. The number of hydrogen-bond donors (Lipinski definition) is 1. The number of fused-ring (bicyclic) bond motifs is 1. The molecule has 0 amide bonds. The zero-order valence-electron chi connectivity index (χ0n) is 12.6. The first-order valence-electron chi connectivity index (χ1n) is 7.36. The molecule has 2 nitrogen and oxygen atoms in total. The second kappa shape index (κ2) is 5.53. The van der Waals surface area contributed by atoms with Crippen molar-refractivity contribution in [1.82, 2.24) is 9.97 Å². The number of aryl methyl sites for hydroxylation is 1. The van der Waals surface area contributed by atoms with Crippen LogP contribution in [0.4, 0.5) is 0 Å². The Bertz CT molecular complexity index is 770. The Labute approximate surface area is 130 Å². The Morgan fingerprint density at radius 3 is 2.62 bits per heavy atom. The molecule has 2 aromatic heterocycles. The Kier molecular flexibility index (Phi) is 3.73. The minimum Gasteiger partial charge on any atom is -0.358 e. The standard InChI is InChI=1S/C18H19ClN2/c1-4-14-6-5-12(10-20-14)15-9-18-13(7-16(15)19)8-17(21-18)11(2)3/h5-11,21H,4H2,1-3H3. The molecule has 0 bridgehead atoms. The Balaban J connectivity index is 2.10. The van der Waals surface area contributed by atoms with Crippen LogP contribution in [0.1, 0.15) is 38.1 Å². The summed E-state index contributed by atoms with van der Waals surface area (Å²) in [5.41, 5.74) is 5.53. The van der Waals surface area contributed by atoms with Crippen molar-refractivity contribution in [2.45, 2.75) is 33.1 Å². The number of halogens is 1. The van der Waals surface area contributed by atoms with E-state index in [0.29, 0.717) is 5.92 Å². The lowest BCUT2D eigenvalue weighted by atomic mass is 10.1. The van der Waals surface area contributed by atoms with Crippen molar-refractivity contribution in [3.05, 3.63) is 52.9 Å². The van der Waals surface area contributed by atoms with Crippen LogP contribution in [0.2, 0.25) is 5.02 Å². The molecule has 0 aliphatic rings. The highest BCUT2D eigenvalue weighted by Crippen LogP contribution is 2.33. The summed E-state index contributed by atoms with van der Waals surface area (Å²) in [7, 11) is 0. The van der Waals surface area contributed by atoms with Crippen LogP contribution in [-0.2, 0) is 6.42 Å². The number of aromatic nitrogens is 2. The van der Waals surface area contributed by atoms with Gasteiger partial charge < -0.3 is 4.98 Å². The molecule has 3 aromatic rings. The molecule has 3 heteroatoms. The first kappa shape index (κ1) is 14.2. The van der Waals surface area contributed by atoms with E-state index in [4.69, 9.17) is 11.6 Å². The summed E-state index contributed by atoms with van der Waals surface area (Å²) in [4.78, 5) is 7.94. The first-order chi connectivity index (χ1) is 10.1. The second-order valence-corrected chi connectivity index (χ2v) is 6.10. The first-order valence-corrected chi connectivity index (χ1v) is 7.73. The number of benzene rings is 1. The minimum atomic E-state index is 0.477. The average molecular weight is 299 g/mol. The maximum absolute atomic E-state index is 6.46. The molecule has 2 heterocycles. The van der Waals surface area contributed by atoms with E-state index in [1.807, 2.05) is 12.3 Å². The van der Waals surface area contributed by atoms with Gasteiger partial charge in [-0.1, -0.05) is 38.4 Å². The van der Waals surface area contributed by atoms with Gasteiger partial charge in [0.25, 0.3) is 0 Å². The summed E-state index contributed by atoms with van der Waals surface area (Å²) >= 11 is 6.46. The lowest BCUT2D eigenvalue weighted by molar-refractivity contribution is 0.836. The van der Waals surface area contributed by atoms with Crippen LogP contribution in [0.15, 0.2) is 36.5 Å². The fraction of sp³-hybridized carbons (Fsp3) is 0.278. The number of rotatable bonds is 3. The van der Waals surface area contributed by atoms with Gasteiger partial charge in [0.15, 0.2) is 0 Å². The summed E-state index contributed by atoms with van der Waals surface area (Å²) in [5.74, 6) is 0.477. The normalized spacial score (nSPS) is 11.5. The zero-order chi connectivity index (χ0) is 15.0. The number of H-pyrrole nitrogens is 1. The van der Waals surface area contributed by atoms with E-state index in [-0.39, 0.29) is 0 Å². The van der Waals surface area contributed by atoms with Gasteiger partial charge in [0, 0.05) is 44.6 Å². The summed E-state index contributed by atoms with van der Waals surface area (Å²) < 4.78 is 0. The van der Waals surface area contributed by atoms with E-state index in [1.54, 1.807) is 0 Å². The second-order valence-electron chi connectivity index (χ2n) is 5.69. The van der Waals surface area contributed by atoms with Gasteiger partial charge in [-0.2, -0.15) is 0 Å². The van der Waals surface area contributed by atoms with Crippen molar-refractivity contribution in [3.8, 4) is 11.1 Å². The van der Waals surface area contributed by atoms with Crippen LogP contribution in [-0.4, -0.2) is 9.97 Å². The molecule has 0 unspecified atom stereocenters. The molecule has 0 saturated carbocycles. The highest BCUT2D eigenvalue weighted by Gasteiger charge is 2.10. The molecule has 1 N–H and O–H groups in total. The number of aromatic amines is 1. The Morgan fingerprint density at radius 1 is 1.19 bits per heavy atom. The SMILES string of the molecule is CCc1ccc(-c2cc3[nH]c(C(C)C)cc3cc2Cl)cn1.